The molecule has 3 heterocycles. The summed E-state index contributed by atoms with van der Waals surface area (Å²) in [5.41, 5.74) is 2.56. The topological polar surface area (TPSA) is 73.8 Å². The number of phenolic OH excluding ortho intramolecular Hbond substituents is 1. The summed E-state index contributed by atoms with van der Waals surface area (Å²) in [6.45, 7) is 7.40. The molecule has 2 aromatic rings. The van der Waals surface area contributed by atoms with Crippen molar-refractivity contribution >= 4 is 22.2 Å². The molecule has 7 heteroatoms. The maximum atomic E-state index is 12.8. The van der Waals surface area contributed by atoms with E-state index in [1.165, 1.54) is 10.4 Å². The van der Waals surface area contributed by atoms with Gasteiger partial charge >= 0.3 is 0 Å². The standard InChI is InChI=1S/C19H23N3O3S/c1-3-22-9-8-11-14(10-22)26-19-15(11)18(24)20-17(21-19)12-6-5-7-13(16(12)23)25-4-2/h5-7,17,21,23H,3-4,8-10H2,1-2H3,(H,20,24)/t17-/m0/s1. The fourth-order valence-electron chi connectivity index (χ4n) is 3.64. The molecule has 4 rings (SSSR count). The molecule has 0 aliphatic carbocycles. The predicted octanol–water partition coefficient (Wildman–Crippen LogP) is 3.08. The van der Waals surface area contributed by atoms with Crippen molar-refractivity contribution < 1.29 is 14.6 Å². The molecule has 0 saturated carbocycles. The number of para-hydroxylation sites is 1. The molecule has 0 radical (unpaired) electrons. The van der Waals surface area contributed by atoms with Gasteiger partial charge in [-0.3, -0.25) is 9.69 Å². The number of benzene rings is 1. The summed E-state index contributed by atoms with van der Waals surface area (Å²) in [5.74, 6) is 0.414. The smallest absolute Gasteiger partial charge is 0.256 e. The highest BCUT2D eigenvalue weighted by Crippen LogP contribution is 2.42. The number of aromatic hydroxyl groups is 1. The number of anilines is 1. The van der Waals surface area contributed by atoms with Crippen LogP contribution in [0, 0.1) is 0 Å². The lowest BCUT2D eigenvalue weighted by Crippen LogP contribution is -2.39. The van der Waals surface area contributed by atoms with Gasteiger partial charge < -0.3 is 20.5 Å². The Morgan fingerprint density at radius 3 is 2.96 bits per heavy atom. The largest absolute Gasteiger partial charge is 0.504 e. The number of phenols is 1. The number of thiophene rings is 1. The molecule has 1 amide bonds. The molecular formula is C19H23N3O3S. The third-order valence-corrected chi connectivity index (χ3v) is 6.15. The number of amides is 1. The molecule has 0 unspecified atom stereocenters. The molecule has 0 fully saturated rings. The van der Waals surface area contributed by atoms with Crippen molar-refractivity contribution in [2.75, 3.05) is 25.0 Å². The molecule has 1 aromatic heterocycles. The average Bonchev–Trinajstić information content (AvgIpc) is 3.01. The first-order valence-corrected chi connectivity index (χ1v) is 9.83. The van der Waals surface area contributed by atoms with Crippen LogP contribution >= 0.6 is 11.3 Å². The Kier molecular flexibility index (Phi) is 4.50. The number of carbonyl (C=O) groups is 1. The lowest BCUT2D eigenvalue weighted by molar-refractivity contribution is 0.0934. The van der Waals surface area contributed by atoms with E-state index in [0.29, 0.717) is 17.9 Å². The second kappa shape index (κ2) is 6.81. The highest BCUT2D eigenvalue weighted by Gasteiger charge is 2.34. The van der Waals surface area contributed by atoms with Crippen LogP contribution in [0.25, 0.3) is 0 Å². The zero-order valence-electron chi connectivity index (χ0n) is 15.0. The SMILES string of the molecule is CCOc1cccc([C@H]2NC(=O)c3c(sc4c3CCN(CC)C4)N2)c1O. The summed E-state index contributed by atoms with van der Waals surface area (Å²) >= 11 is 1.65. The molecule has 6 nitrogen and oxygen atoms in total. The lowest BCUT2D eigenvalue weighted by atomic mass is 10.00. The van der Waals surface area contributed by atoms with E-state index >= 15 is 0 Å². The number of nitrogens with zero attached hydrogens (tertiary/aromatic N) is 1. The maximum absolute atomic E-state index is 12.8. The van der Waals surface area contributed by atoms with Crippen molar-refractivity contribution in [2.24, 2.45) is 0 Å². The molecule has 138 valence electrons. The zero-order chi connectivity index (χ0) is 18.3. The van der Waals surface area contributed by atoms with Gasteiger partial charge in [-0.05, 0) is 31.5 Å². The number of ether oxygens (including phenoxy) is 1. The van der Waals surface area contributed by atoms with Crippen LogP contribution in [0.5, 0.6) is 11.5 Å². The number of nitrogens with one attached hydrogen (secondary N) is 2. The van der Waals surface area contributed by atoms with Crippen LogP contribution in [0.4, 0.5) is 5.00 Å². The highest BCUT2D eigenvalue weighted by atomic mass is 32.1. The number of rotatable bonds is 4. The Labute approximate surface area is 156 Å². The molecule has 26 heavy (non-hydrogen) atoms. The quantitative estimate of drug-likeness (QED) is 0.768. The van der Waals surface area contributed by atoms with Gasteiger partial charge in [-0.15, -0.1) is 11.3 Å². The van der Waals surface area contributed by atoms with Gasteiger partial charge in [0, 0.05) is 23.5 Å². The number of hydrogen-bond donors (Lipinski definition) is 3. The molecule has 3 N–H and O–H groups in total. The van der Waals surface area contributed by atoms with E-state index < -0.39 is 6.17 Å². The van der Waals surface area contributed by atoms with Crippen molar-refractivity contribution in [3.63, 3.8) is 0 Å². The van der Waals surface area contributed by atoms with Crippen molar-refractivity contribution in [3.8, 4) is 11.5 Å². The maximum Gasteiger partial charge on any atom is 0.256 e. The van der Waals surface area contributed by atoms with Crippen molar-refractivity contribution in [1.29, 1.82) is 0 Å². The van der Waals surface area contributed by atoms with E-state index in [-0.39, 0.29) is 11.7 Å². The Morgan fingerprint density at radius 2 is 2.19 bits per heavy atom. The van der Waals surface area contributed by atoms with Crippen LogP contribution in [0.3, 0.4) is 0 Å². The molecule has 0 saturated heterocycles. The highest BCUT2D eigenvalue weighted by molar-refractivity contribution is 7.16. The summed E-state index contributed by atoms with van der Waals surface area (Å²) in [7, 11) is 0. The Bertz CT molecular complexity index is 849. The number of likely N-dealkylation sites (N-methyl/N-ethyl adjacent to an activating group) is 1. The average molecular weight is 373 g/mol. The van der Waals surface area contributed by atoms with Gasteiger partial charge in [-0.2, -0.15) is 0 Å². The third-order valence-electron chi connectivity index (χ3n) is 5.00. The van der Waals surface area contributed by atoms with Crippen LogP contribution in [0.1, 0.15) is 46.4 Å². The van der Waals surface area contributed by atoms with E-state index in [4.69, 9.17) is 4.74 Å². The Hall–Kier alpha value is -2.25. The first-order valence-electron chi connectivity index (χ1n) is 9.01. The van der Waals surface area contributed by atoms with Crippen molar-refractivity contribution in [3.05, 3.63) is 39.8 Å². The minimum Gasteiger partial charge on any atom is -0.504 e. The van der Waals surface area contributed by atoms with Crippen LogP contribution in [-0.2, 0) is 13.0 Å². The Balaban J connectivity index is 1.66. The van der Waals surface area contributed by atoms with E-state index in [1.807, 2.05) is 13.0 Å². The van der Waals surface area contributed by atoms with Crippen molar-refractivity contribution in [2.45, 2.75) is 33.0 Å². The Morgan fingerprint density at radius 1 is 1.35 bits per heavy atom. The second-order valence-electron chi connectivity index (χ2n) is 6.50. The van der Waals surface area contributed by atoms with Gasteiger partial charge in [0.25, 0.3) is 5.91 Å². The van der Waals surface area contributed by atoms with Gasteiger partial charge in [0.2, 0.25) is 0 Å². The van der Waals surface area contributed by atoms with E-state index in [0.717, 1.165) is 36.6 Å². The van der Waals surface area contributed by atoms with E-state index in [2.05, 4.69) is 22.5 Å². The first-order chi connectivity index (χ1) is 12.6. The van der Waals surface area contributed by atoms with Crippen LogP contribution < -0.4 is 15.4 Å². The molecule has 1 atom stereocenters. The minimum absolute atomic E-state index is 0.0640. The second-order valence-corrected chi connectivity index (χ2v) is 7.61. The molecule has 2 aliphatic rings. The van der Waals surface area contributed by atoms with Crippen LogP contribution in [0.15, 0.2) is 18.2 Å². The summed E-state index contributed by atoms with van der Waals surface area (Å²) in [6.07, 6.45) is 0.428. The number of fused-ring (bicyclic) bond motifs is 3. The minimum atomic E-state index is -0.474. The lowest BCUT2D eigenvalue weighted by Gasteiger charge is -2.28. The first kappa shape index (κ1) is 17.2. The van der Waals surface area contributed by atoms with Gasteiger partial charge in [0.15, 0.2) is 11.5 Å². The summed E-state index contributed by atoms with van der Waals surface area (Å²) in [5, 5.41) is 17.8. The normalized spacial score (nSPS) is 19.3. The van der Waals surface area contributed by atoms with E-state index in [1.54, 1.807) is 23.5 Å². The molecule has 0 bridgehead atoms. The number of carbonyl (C=O) groups excluding carboxylic acids is 1. The van der Waals surface area contributed by atoms with Crippen LogP contribution in [-0.4, -0.2) is 35.6 Å². The van der Waals surface area contributed by atoms with Crippen molar-refractivity contribution in [1.82, 2.24) is 10.2 Å². The van der Waals surface area contributed by atoms with Gasteiger partial charge in [-0.1, -0.05) is 19.1 Å². The van der Waals surface area contributed by atoms with Gasteiger partial charge in [-0.25, -0.2) is 0 Å². The predicted molar refractivity (Wildman–Crippen MR) is 102 cm³/mol. The third kappa shape index (κ3) is 2.81. The summed E-state index contributed by atoms with van der Waals surface area (Å²) < 4.78 is 5.46. The molecule has 0 spiro atoms. The molecular weight excluding hydrogens is 350 g/mol. The summed E-state index contributed by atoms with van der Waals surface area (Å²) in [6, 6.07) is 5.34. The number of hydrogen-bond acceptors (Lipinski definition) is 6. The molecule has 1 aromatic carbocycles. The zero-order valence-corrected chi connectivity index (χ0v) is 15.8. The van der Waals surface area contributed by atoms with Crippen LogP contribution in [0.2, 0.25) is 0 Å². The van der Waals surface area contributed by atoms with E-state index in [9.17, 15) is 9.90 Å². The monoisotopic (exact) mass is 373 g/mol. The fraction of sp³-hybridized carbons (Fsp3) is 0.421. The van der Waals surface area contributed by atoms with Gasteiger partial charge in [0.05, 0.1) is 12.2 Å². The summed E-state index contributed by atoms with van der Waals surface area (Å²) in [4.78, 5) is 16.5. The fourth-order valence-corrected chi connectivity index (χ4v) is 4.95. The van der Waals surface area contributed by atoms with Gasteiger partial charge in [0.1, 0.15) is 11.2 Å². The molecule has 2 aliphatic heterocycles.